The summed E-state index contributed by atoms with van der Waals surface area (Å²) >= 11 is 0. The maximum atomic E-state index is 12.2. The second kappa shape index (κ2) is 9.87. The second-order valence-electron chi connectivity index (χ2n) is 7.85. The Morgan fingerprint density at radius 2 is 1.90 bits per heavy atom. The highest BCUT2D eigenvalue weighted by Gasteiger charge is 2.26. The van der Waals surface area contributed by atoms with Crippen LogP contribution in [0.3, 0.4) is 0 Å². The first-order valence-electron chi connectivity index (χ1n) is 10.2. The average molecular weight is 398 g/mol. The van der Waals surface area contributed by atoms with Crippen molar-refractivity contribution in [1.82, 2.24) is 10.2 Å². The smallest absolute Gasteiger partial charge is 0.251 e. The van der Waals surface area contributed by atoms with Gasteiger partial charge in [0.15, 0.2) is 0 Å². The number of aliphatic hydroxyl groups is 2. The van der Waals surface area contributed by atoms with Crippen LogP contribution in [0.1, 0.15) is 35.3 Å². The first-order valence-corrected chi connectivity index (χ1v) is 10.2. The third kappa shape index (κ3) is 5.79. The van der Waals surface area contributed by atoms with Crippen molar-refractivity contribution >= 4 is 11.6 Å². The molecule has 6 heteroatoms. The van der Waals surface area contributed by atoms with E-state index in [4.69, 9.17) is 0 Å². The van der Waals surface area contributed by atoms with Crippen molar-refractivity contribution in [2.75, 3.05) is 38.1 Å². The molecule has 2 aromatic carbocycles. The summed E-state index contributed by atoms with van der Waals surface area (Å²) in [6, 6.07) is 18.0. The Labute approximate surface area is 172 Å². The number of anilines is 1. The minimum absolute atomic E-state index is 0.136. The van der Waals surface area contributed by atoms with Crippen LogP contribution in [0.2, 0.25) is 0 Å². The molecule has 2 aromatic rings. The van der Waals surface area contributed by atoms with E-state index in [2.05, 4.69) is 34.3 Å². The van der Waals surface area contributed by atoms with Crippen LogP contribution < -0.4 is 10.2 Å². The molecule has 0 aromatic heterocycles. The summed E-state index contributed by atoms with van der Waals surface area (Å²) in [4.78, 5) is 16.7. The monoisotopic (exact) mass is 397 g/mol. The highest BCUT2D eigenvalue weighted by Crippen LogP contribution is 2.28. The summed E-state index contributed by atoms with van der Waals surface area (Å²) in [7, 11) is 2.06. The predicted molar refractivity (Wildman–Crippen MR) is 115 cm³/mol. The molecule has 1 saturated heterocycles. The van der Waals surface area contributed by atoms with Gasteiger partial charge in [-0.05, 0) is 43.2 Å². The number of nitrogens with one attached hydrogen (secondary N) is 1. The Balaban J connectivity index is 1.74. The zero-order valence-electron chi connectivity index (χ0n) is 17.2. The normalized spacial score (nSPS) is 19.0. The van der Waals surface area contributed by atoms with Gasteiger partial charge >= 0.3 is 0 Å². The van der Waals surface area contributed by atoms with E-state index in [1.54, 1.807) is 6.92 Å². The molecule has 0 aliphatic carbocycles. The number of likely N-dealkylation sites (tertiary alicyclic amines) is 1. The zero-order chi connectivity index (χ0) is 20.8. The first kappa shape index (κ1) is 21.3. The number of rotatable bonds is 8. The molecule has 156 valence electrons. The minimum atomic E-state index is -0.569. The van der Waals surface area contributed by atoms with Gasteiger partial charge in [-0.1, -0.05) is 30.3 Å². The largest absolute Gasteiger partial charge is 0.392 e. The predicted octanol–water partition coefficient (Wildman–Crippen LogP) is 2.04. The lowest BCUT2D eigenvalue weighted by molar-refractivity contribution is 0.0924. The number of carbonyl (C=O) groups excluding carboxylic acids is 1. The molecule has 0 radical (unpaired) electrons. The Bertz CT molecular complexity index is 780. The molecular weight excluding hydrogens is 366 g/mol. The molecule has 3 N–H and O–H groups in total. The van der Waals surface area contributed by atoms with Crippen molar-refractivity contribution < 1.29 is 15.0 Å². The van der Waals surface area contributed by atoms with Gasteiger partial charge in [0.25, 0.3) is 5.91 Å². The molecule has 1 fully saturated rings. The average Bonchev–Trinajstić information content (AvgIpc) is 3.15. The number of amides is 1. The zero-order valence-corrected chi connectivity index (χ0v) is 17.2. The summed E-state index contributed by atoms with van der Waals surface area (Å²) in [5, 5.41) is 21.9. The SMILES string of the molecule is CC(O)CNC(=O)c1ccc(N(C)C(CN2CCC(O)C2)c2ccccc2)cc1. The van der Waals surface area contributed by atoms with Crippen LogP contribution >= 0.6 is 0 Å². The Morgan fingerprint density at radius 3 is 2.48 bits per heavy atom. The van der Waals surface area contributed by atoms with Gasteiger partial charge in [0.2, 0.25) is 0 Å². The summed E-state index contributed by atoms with van der Waals surface area (Å²) < 4.78 is 0. The topological polar surface area (TPSA) is 76.0 Å². The second-order valence-corrected chi connectivity index (χ2v) is 7.85. The van der Waals surface area contributed by atoms with E-state index in [9.17, 15) is 15.0 Å². The van der Waals surface area contributed by atoms with Crippen molar-refractivity contribution in [2.45, 2.75) is 31.6 Å². The van der Waals surface area contributed by atoms with E-state index in [1.807, 2.05) is 42.5 Å². The molecule has 3 rings (SSSR count). The van der Waals surface area contributed by atoms with Gasteiger partial charge < -0.3 is 20.4 Å². The van der Waals surface area contributed by atoms with Gasteiger partial charge in [-0.15, -0.1) is 0 Å². The highest BCUT2D eigenvalue weighted by atomic mass is 16.3. The Kier molecular flexibility index (Phi) is 7.25. The number of aliphatic hydroxyl groups excluding tert-OH is 2. The van der Waals surface area contributed by atoms with E-state index in [0.29, 0.717) is 12.1 Å². The molecule has 0 bridgehead atoms. The van der Waals surface area contributed by atoms with E-state index in [-0.39, 0.29) is 24.6 Å². The number of likely N-dealkylation sites (N-methyl/N-ethyl adjacent to an activating group) is 1. The maximum absolute atomic E-state index is 12.2. The van der Waals surface area contributed by atoms with Crippen LogP contribution in [-0.4, -0.2) is 66.5 Å². The van der Waals surface area contributed by atoms with Crippen molar-refractivity contribution in [3.63, 3.8) is 0 Å². The van der Waals surface area contributed by atoms with Crippen molar-refractivity contribution in [1.29, 1.82) is 0 Å². The Morgan fingerprint density at radius 1 is 1.21 bits per heavy atom. The van der Waals surface area contributed by atoms with Crippen LogP contribution in [0.4, 0.5) is 5.69 Å². The van der Waals surface area contributed by atoms with Crippen molar-refractivity contribution in [3.05, 3.63) is 65.7 Å². The fraction of sp³-hybridized carbons (Fsp3) is 0.435. The van der Waals surface area contributed by atoms with Gasteiger partial charge in [0, 0.05) is 44.5 Å². The van der Waals surface area contributed by atoms with Gasteiger partial charge in [-0.3, -0.25) is 9.69 Å². The van der Waals surface area contributed by atoms with E-state index < -0.39 is 6.10 Å². The lowest BCUT2D eigenvalue weighted by Crippen LogP contribution is -2.36. The number of carbonyl (C=O) groups is 1. The fourth-order valence-corrected chi connectivity index (χ4v) is 3.72. The van der Waals surface area contributed by atoms with E-state index in [1.165, 1.54) is 5.56 Å². The molecule has 1 aliphatic heterocycles. The van der Waals surface area contributed by atoms with Crippen molar-refractivity contribution in [2.24, 2.45) is 0 Å². The molecule has 1 heterocycles. The summed E-state index contributed by atoms with van der Waals surface area (Å²) in [6.45, 7) is 4.31. The van der Waals surface area contributed by atoms with E-state index >= 15 is 0 Å². The maximum Gasteiger partial charge on any atom is 0.251 e. The number of hydrogen-bond acceptors (Lipinski definition) is 5. The minimum Gasteiger partial charge on any atom is -0.392 e. The van der Waals surface area contributed by atoms with Crippen molar-refractivity contribution in [3.8, 4) is 0 Å². The number of nitrogens with zero attached hydrogens (tertiary/aromatic N) is 2. The Hall–Kier alpha value is -2.41. The lowest BCUT2D eigenvalue weighted by Gasteiger charge is -2.33. The molecule has 6 nitrogen and oxygen atoms in total. The van der Waals surface area contributed by atoms with Crippen LogP contribution in [0.25, 0.3) is 0 Å². The summed E-state index contributed by atoms with van der Waals surface area (Å²) in [5.41, 5.74) is 2.81. The number of benzene rings is 2. The first-order chi connectivity index (χ1) is 13.9. The molecule has 3 unspecified atom stereocenters. The quantitative estimate of drug-likeness (QED) is 0.636. The van der Waals surface area contributed by atoms with Gasteiger partial charge in [-0.2, -0.15) is 0 Å². The van der Waals surface area contributed by atoms with Gasteiger partial charge in [-0.25, -0.2) is 0 Å². The highest BCUT2D eigenvalue weighted by molar-refractivity contribution is 5.94. The van der Waals surface area contributed by atoms with Gasteiger partial charge in [0.05, 0.1) is 18.2 Å². The molecule has 0 spiro atoms. The molecule has 0 saturated carbocycles. The molecule has 1 amide bonds. The van der Waals surface area contributed by atoms with Gasteiger partial charge in [0.1, 0.15) is 0 Å². The standard InChI is InChI=1S/C23H31N3O3/c1-17(27)14-24-23(29)19-8-10-20(11-9-19)25(2)22(18-6-4-3-5-7-18)16-26-13-12-21(28)15-26/h3-11,17,21-22,27-28H,12-16H2,1-2H3,(H,24,29). The third-order valence-electron chi connectivity index (χ3n) is 5.43. The fourth-order valence-electron chi connectivity index (χ4n) is 3.72. The summed E-state index contributed by atoms with van der Waals surface area (Å²) in [6.07, 6.45) is 0.0119. The van der Waals surface area contributed by atoms with Crippen LogP contribution in [0, 0.1) is 0 Å². The third-order valence-corrected chi connectivity index (χ3v) is 5.43. The molecular formula is C23H31N3O3. The summed E-state index contributed by atoms with van der Waals surface area (Å²) in [5.74, 6) is -0.189. The molecule has 29 heavy (non-hydrogen) atoms. The number of hydrogen-bond donors (Lipinski definition) is 3. The lowest BCUT2D eigenvalue weighted by atomic mass is 10.0. The molecule has 1 aliphatic rings. The van der Waals surface area contributed by atoms with E-state index in [0.717, 1.165) is 25.2 Å². The number of β-amino-alcohol motifs (C(OH)–C–C–N with tert-alkyl or cyclic N) is 1. The van der Waals surface area contributed by atoms with Crippen LogP contribution in [0.5, 0.6) is 0 Å². The van der Waals surface area contributed by atoms with Crippen LogP contribution in [-0.2, 0) is 0 Å². The van der Waals surface area contributed by atoms with Crippen LogP contribution in [0.15, 0.2) is 54.6 Å². The molecule has 3 atom stereocenters.